The minimum atomic E-state index is -1.15. The maximum Gasteiger partial charge on any atom is 1.00 e. The van der Waals surface area contributed by atoms with Gasteiger partial charge in [0.1, 0.15) is 5.54 Å². The number of fused-ring (bicyclic) bond motifs is 1. The van der Waals surface area contributed by atoms with Crippen molar-refractivity contribution in [2.24, 2.45) is 0 Å². The zero-order valence-electron chi connectivity index (χ0n) is 13.7. The first-order valence-electron chi connectivity index (χ1n) is 7.66. The van der Waals surface area contributed by atoms with Crippen LogP contribution in [0.5, 0.6) is 0 Å². The first kappa shape index (κ1) is 18.5. The molecule has 114 valence electrons. The molecule has 0 spiro atoms. The van der Waals surface area contributed by atoms with Crippen molar-refractivity contribution in [1.82, 2.24) is 14.8 Å². The Labute approximate surface area is 174 Å². The number of hydrogen-bond donors (Lipinski definition) is 0. The van der Waals surface area contributed by atoms with Crippen LogP contribution in [0.2, 0.25) is 0 Å². The van der Waals surface area contributed by atoms with Crippen LogP contribution < -0.4 is 56.5 Å². The van der Waals surface area contributed by atoms with E-state index in [1.165, 1.54) is 6.42 Å². The summed E-state index contributed by atoms with van der Waals surface area (Å²) in [6.07, 6.45) is 2.37. The summed E-state index contributed by atoms with van der Waals surface area (Å²) in [5, 5.41) is 11.9. The molecule has 6 heteroatoms. The Kier molecular flexibility index (Phi) is 6.21. The van der Waals surface area contributed by atoms with Gasteiger partial charge < -0.3 is 9.90 Å². The van der Waals surface area contributed by atoms with Crippen LogP contribution in [-0.2, 0) is 10.3 Å². The van der Waals surface area contributed by atoms with Crippen LogP contribution in [0.3, 0.4) is 0 Å². The Bertz CT molecular complexity index is 554. The molecule has 2 atom stereocenters. The van der Waals surface area contributed by atoms with Crippen molar-refractivity contribution in [3.8, 4) is 0 Å². The third kappa shape index (κ3) is 3.33. The van der Waals surface area contributed by atoms with E-state index in [1.54, 1.807) is 13.0 Å². The molecule has 1 unspecified atom stereocenters. The van der Waals surface area contributed by atoms with Gasteiger partial charge >= 0.3 is 51.4 Å². The molecule has 1 aromatic rings. The zero-order valence-corrected chi connectivity index (χ0v) is 16.8. The summed E-state index contributed by atoms with van der Waals surface area (Å²) >= 11 is 0. The second kappa shape index (κ2) is 7.38. The minimum Gasteiger partial charge on any atom is -0.548 e. The number of aliphatic carboxylic acids is 1. The number of aromatic nitrogens is 1. The largest absolute Gasteiger partial charge is 1.00 e. The fourth-order valence-electron chi connectivity index (χ4n) is 3.61. The molecule has 2 aliphatic heterocycles. The number of piperazine rings is 1. The van der Waals surface area contributed by atoms with Gasteiger partial charge in [-0.25, -0.2) is 0 Å². The molecule has 0 aliphatic carbocycles. The van der Waals surface area contributed by atoms with Gasteiger partial charge in [0.25, 0.3) is 0 Å². The molecule has 2 saturated heterocycles. The predicted octanol–water partition coefficient (Wildman–Crippen LogP) is -2.86. The first-order valence-corrected chi connectivity index (χ1v) is 7.66. The van der Waals surface area contributed by atoms with Crippen molar-refractivity contribution in [3.05, 3.63) is 29.6 Å². The third-order valence-electron chi connectivity index (χ3n) is 5.00. The van der Waals surface area contributed by atoms with Crippen LogP contribution in [0.4, 0.5) is 0 Å². The number of rotatable bonds is 3. The van der Waals surface area contributed by atoms with Gasteiger partial charge in [0.2, 0.25) is 0 Å². The van der Waals surface area contributed by atoms with Gasteiger partial charge in [-0.3, -0.25) is 14.8 Å². The van der Waals surface area contributed by atoms with E-state index in [2.05, 4.69) is 9.88 Å². The van der Waals surface area contributed by atoms with Gasteiger partial charge in [-0.1, -0.05) is 6.07 Å². The van der Waals surface area contributed by atoms with Crippen molar-refractivity contribution in [2.75, 3.05) is 26.2 Å². The number of pyridine rings is 1. The van der Waals surface area contributed by atoms with Crippen LogP contribution in [0.25, 0.3) is 0 Å². The Hall–Kier alpha value is 0.176. The summed E-state index contributed by atoms with van der Waals surface area (Å²) in [5.74, 6) is -1.06. The van der Waals surface area contributed by atoms with Crippen LogP contribution in [0, 0.1) is 6.92 Å². The summed E-state index contributed by atoms with van der Waals surface area (Å²) in [4.78, 5) is 20.9. The van der Waals surface area contributed by atoms with E-state index in [-0.39, 0.29) is 51.4 Å². The molecular weight excluding hydrogens is 305 g/mol. The molecule has 0 aromatic carbocycles. The SMILES string of the molecule is Cc1cccc(C(C)(C(=O)[O-])N2CCN3CCC[C@@H]3C2)n1.[K+]. The second-order valence-electron chi connectivity index (χ2n) is 6.30. The van der Waals surface area contributed by atoms with Crippen LogP contribution in [0.1, 0.15) is 31.2 Å². The maximum atomic E-state index is 11.9. The summed E-state index contributed by atoms with van der Waals surface area (Å²) in [6, 6.07) is 6.02. The monoisotopic (exact) mass is 327 g/mol. The number of carbonyl (C=O) groups excluding carboxylic acids is 1. The smallest absolute Gasteiger partial charge is 0.548 e. The predicted molar refractivity (Wildman–Crippen MR) is 77.5 cm³/mol. The average molecular weight is 327 g/mol. The Morgan fingerprint density at radius 2 is 2.14 bits per heavy atom. The van der Waals surface area contributed by atoms with Crippen molar-refractivity contribution in [2.45, 2.75) is 38.3 Å². The van der Waals surface area contributed by atoms with Crippen LogP contribution in [-0.4, -0.2) is 53.0 Å². The molecule has 22 heavy (non-hydrogen) atoms. The van der Waals surface area contributed by atoms with E-state index in [0.717, 1.165) is 38.3 Å². The van der Waals surface area contributed by atoms with Crippen molar-refractivity contribution < 1.29 is 61.3 Å². The topological polar surface area (TPSA) is 59.5 Å². The summed E-state index contributed by atoms with van der Waals surface area (Å²) in [7, 11) is 0. The van der Waals surface area contributed by atoms with Gasteiger partial charge in [0.05, 0.1) is 11.7 Å². The van der Waals surface area contributed by atoms with Crippen molar-refractivity contribution in [3.63, 3.8) is 0 Å². The van der Waals surface area contributed by atoms with Crippen LogP contribution >= 0.6 is 0 Å². The summed E-state index contributed by atoms with van der Waals surface area (Å²) < 4.78 is 0. The van der Waals surface area contributed by atoms with E-state index in [0.29, 0.717) is 11.7 Å². The van der Waals surface area contributed by atoms with Gasteiger partial charge in [-0.05, 0) is 45.4 Å². The number of carboxylic acid groups (broad SMARTS) is 1. The summed E-state index contributed by atoms with van der Waals surface area (Å²) in [6.45, 7) is 7.21. The number of aryl methyl sites for hydroxylation is 1. The first-order chi connectivity index (χ1) is 10.0. The molecule has 0 amide bonds. The maximum absolute atomic E-state index is 11.9. The molecule has 0 bridgehead atoms. The van der Waals surface area contributed by atoms with E-state index >= 15 is 0 Å². The second-order valence-corrected chi connectivity index (χ2v) is 6.30. The third-order valence-corrected chi connectivity index (χ3v) is 5.00. The van der Waals surface area contributed by atoms with E-state index < -0.39 is 11.5 Å². The van der Waals surface area contributed by atoms with Gasteiger partial charge in [0, 0.05) is 31.4 Å². The fraction of sp³-hybridized carbons (Fsp3) is 0.625. The molecule has 2 aliphatic rings. The summed E-state index contributed by atoms with van der Waals surface area (Å²) in [5.41, 5.74) is 0.258. The molecule has 0 saturated carbocycles. The molecule has 3 heterocycles. The van der Waals surface area contributed by atoms with E-state index in [4.69, 9.17) is 0 Å². The molecular formula is C16H22KN3O2. The Balaban J connectivity index is 0.00000176. The Morgan fingerprint density at radius 1 is 1.36 bits per heavy atom. The molecule has 0 radical (unpaired) electrons. The molecule has 0 N–H and O–H groups in total. The number of hydrogen-bond acceptors (Lipinski definition) is 5. The van der Waals surface area contributed by atoms with E-state index in [9.17, 15) is 9.90 Å². The normalized spacial score (nSPS) is 25.1. The van der Waals surface area contributed by atoms with Gasteiger partial charge in [-0.2, -0.15) is 0 Å². The molecule has 1 aromatic heterocycles. The molecule has 2 fully saturated rings. The molecule has 5 nitrogen and oxygen atoms in total. The standard InChI is InChI=1S/C16H23N3O2.K/c1-12-5-3-7-14(17-12)16(2,15(20)21)19-10-9-18-8-4-6-13(18)11-19;/h3,5,7,13H,4,6,8-11H2,1-2H3,(H,20,21);/q;+1/p-1/t13-,16?;/m1./s1. The average Bonchev–Trinajstić information content (AvgIpc) is 2.93. The minimum absolute atomic E-state index is 0. The van der Waals surface area contributed by atoms with Gasteiger partial charge in [-0.15, -0.1) is 0 Å². The van der Waals surface area contributed by atoms with Crippen LogP contribution in [0.15, 0.2) is 18.2 Å². The van der Waals surface area contributed by atoms with Gasteiger partial charge in [0.15, 0.2) is 0 Å². The number of carbonyl (C=O) groups is 1. The number of carboxylic acids is 1. The zero-order chi connectivity index (χ0) is 15.0. The van der Waals surface area contributed by atoms with Crippen molar-refractivity contribution in [1.29, 1.82) is 0 Å². The van der Waals surface area contributed by atoms with E-state index in [1.807, 2.05) is 24.0 Å². The molecule has 3 rings (SSSR count). The number of nitrogens with zero attached hydrogens (tertiary/aromatic N) is 3. The fourth-order valence-corrected chi connectivity index (χ4v) is 3.61. The quantitative estimate of drug-likeness (QED) is 0.559. The van der Waals surface area contributed by atoms with Crippen molar-refractivity contribution >= 4 is 5.97 Å². The Morgan fingerprint density at radius 3 is 2.82 bits per heavy atom.